The van der Waals surface area contributed by atoms with E-state index in [1.165, 1.54) is 6.07 Å². The molecule has 3 N–H and O–H groups in total. The molecule has 8 nitrogen and oxygen atoms in total. The lowest BCUT2D eigenvalue weighted by Gasteiger charge is -2.22. The van der Waals surface area contributed by atoms with Crippen molar-refractivity contribution in [1.29, 1.82) is 0 Å². The number of benzene rings is 1. The van der Waals surface area contributed by atoms with Crippen LogP contribution in [-0.4, -0.2) is 55.8 Å². The number of hydrogen-bond donors (Lipinski definition) is 3. The maximum atomic E-state index is 13.8. The molecule has 0 unspecified atom stereocenters. The third kappa shape index (κ3) is 4.48. The van der Waals surface area contributed by atoms with Crippen LogP contribution in [0.15, 0.2) is 30.6 Å². The molecule has 2 heterocycles. The summed E-state index contributed by atoms with van der Waals surface area (Å²) in [6.45, 7) is -0.139. The van der Waals surface area contributed by atoms with Crippen molar-refractivity contribution in [3.8, 4) is 11.3 Å². The summed E-state index contributed by atoms with van der Waals surface area (Å²) in [5, 5.41) is 21.4. The zero-order valence-electron chi connectivity index (χ0n) is 15.2. The Morgan fingerprint density at radius 1 is 1.23 bits per heavy atom. The molecule has 1 aromatic carbocycles. The van der Waals surface area contributed by atoms with E-state index in [0.29, 0.717) is 12.1 Å². The third-order valence-electron chi connectivity index (χ3n) is 4.62. The van der Waals surface area contributed by atoms with Gasteiger partial charge in [-0.15, -0.1) is 0 Å². The molecule has 1 aromatic heterocycles. The van der Waals surface area contributed by atoms with Gasteiger partial charge in [0.15, 0.2) is 0 Å². The summed E-state index contributed by atoms with van der Waals surface area (Å²) in [7, 11) is 0. The Balaban J connectivity index is 1.73. The van der Waals surface area contributed by atoms with Gasteiger partial charge in [-0.2, -0.15) is 13.2 Å². The number of carboxylic acid groups (broad SMARTS) is 1. The number of aliphatic hydroxyl groups is 1. The molecule has 1 saturated heterocycles. The second kappa shape index (κ2) is 8.22. The number of carbonyl (C=O) groups is 2. The molecule has 2 aromatic rings. The minimum atomic E-state index is -4.82. The van der Waals surface area contributed by atoms with E-state index in [9.17, 15) is 32.3 Å². The highest BCUT2D eigenvalue weighted by Crippen LogP contribution is 2.33. The summed E-state index contributed by atoms with van der Waals surface area (Å²) in [4.78, 5) is 32.1. The van der Waals surface area contributed by atoms with E-state index < -0.39 is 41.7 Å². The molecule has 1 aliphatic rings. The normalized spacial score (nSPS) is 19.0. The van der Waals surface area contributed by atoms with Crippen LogP contribution in [0.3, 0.4) is 0 Å². The van der Waals surface area contributed by atoms with Gasteiger partial charge in [0.05, 0.1) is 29.6 Å². The van der Waals surface area contributed by atoms with E-state index in [2.05, 4.69) is 15.3 Å². The van der Waals surface area contributed by atoms with Crippen molar-refractivity contribution in [2.75, 3.05) is 6.54 Å². The van der Waals surface area contributed by atoms with Gasteiger partial charge in [0.2, 0.25) is 5.91 Å². The van der Waals surface area contributed by atoms with Gasteiger partial charge in [-0.3, -0.25) is 9.69 Å². The van der Waals surface area contributed by atoms with Gasteiger partial charge < -0.3 is 15.5 Å². The number of likely N-dealkylation sites (tertiary alicyclic amines) is 1. The van der Waals surface area contributed by atoms with Crippen molar-refractivity contribution in [3.63, 3.8) is 0 Å². The monoisotopic (exact) mass is 428 g/mol. The molecule has 2 amide bonds. The highest BCUT2D eigenvalue weighted by molar-refractivity contribution is 5.86. The zero-order valence-corrected chi connectivity index (χ0v) is 15.2. The number of halogens is 4. The summed E-state index contributed by atoms with van der Waals surface area (Å²) >= 11 is 0. The lowest BCUT2D eigenvalue weighted by atomic mass is 10.1. The van der Waals surface area contributed by atoms with E-state index in [1.807, 2.05) is 0 Å². The first-order chi connectivity index (χ1) is 14.1. The van der Waals surface area contributed by atoms with E-state index in [0.717, 1.165) is 17.3 Å². The molecular formula is C18H16F4N4O4. The lowest BCUT2D eigenvalue weighted by Crippen LogP contribution is -2.49. The van der Waals surface area contributed by atoms with Gasteiger partial charge in [-0.05, 0) is 24.6 Å². The predicted molar refractivity (Wildman–Crippen MR) is 93.4 cm³/mol. The topological polar surface area (TPSA) is 116 Å². The Morgan fingerprint density at radius 3 is 2.60 bits per heavy atom. The van der Waals surface area contributed by atoms with Crippen molar-refractivity contribution in [2.24, 2.45) is 0 Å². The number of hydrogen-bond acceptors (Lipinski definition) is 5. The summed E-state index contributed by atoms with van der Waals surface area (Å²) in [6.07, 6.45) is -6.07. The minimum absolute atomic E-state index is 0.0196. The van der Waals surface area contributed by atoms with Crippen LogP contribution in [0.2, 0.25) is 0 Å². The highest BCUT2D eigenvalue weighted by Gasteiger charge is 2.41. The van der Waals surface area contributed by atoms with Crippen molar-refractivity contribution in [3.05, 3.63) is 47.7 Å². The smallest absolute Gasteiger partial charge is 0.419 e. The first-order valence-corrected chi connectivity index (χ1v) is 8.71. The maximum Gasteiger partial charge on any atom is 0.419 e. The average molecular weight is 428 g/mol. The summed E-state index contributed by atoms with van der Waals surface area (Å²) in [6, 6.07) is 2.47. The van der Waals surface area contributed by atoms with Gasteiger partial charge in [0.25, 0.3) is 0 Å². The molecule has 160 valence electrons. The SMILES string of the molecule is O=C(NCc1cc(-c2ccc(C(F)(F)F)c(F)c2)ncn1)[C@@H]1[C@H](O)CCN1C(=O)O. The van der Waals surface area contributed by atoms with Crippen LogP contribution in [0.1, 0.15) is 17.7 Å². The first-order valence-electron chi connectivity index (χ1n) is 8.71. The number of carbonyl (C=O) groups excluding carboxylic acids is 1. The van der Waals surface area contributed by atoms with E-state index in [1.54, 1.807) is 0 Å². The zero-order chi connectivity index (χ0) is 22.1. The Kier molecular flexibility index (Phi) is 5.87. The van der Waals surface area contributed by atoms with Gasteiger partial charge in [0, 0.05) is 12.1 Å². The number of alkyl halides is 3. The fourth-order valence-corrected chi connectivity index (χ4v) is 3.15. The molecule has 1 fully saturated rings. The Morgan fingerprint density at radius 2 is 1.97 bits per heavy atom. The van der Waals surface area contributed by atoms with Crippen LogP contribution in [0.25, 0.3) is 11.3 Å². The number of nitrogens with one attached hydrogen (secondary N) is 1. The van der Waals surface area contributed by atoms with Crippen molar-refractivity contribution >= 4 is 12.0 Å². The van der Waals surface area contributed by atoms with Gasteiger partial charge >= 0.3 is 12.3 Å². The van der Waals surface area contributed by atoms with Crippen LogP contribution in [0.5, 0.6) is 0 Å². The van der Waals surface area contributed by atoms with Gasteiger partial charge in [-0.25, -0.2) is 19.2 Å². The largest absolute Gasteiger partial charge is 0.465 e. The number of amides is 2. The van der Waals surface area contributed by atoms with Crippen LogP contribution in [-0.2, 0) is 17.5 Å². The molecule has 0 spiro atoms. The first kappa shape index (κ1) is 21.4. The van der Waals surface area contributed by atoms with Crippen molar-refractivity contribution in [2.45, 2.75) is 31.3 Å². The summed E-state index contributed by atoms with van der Waals surface area (Å²) in [5.74, 6) is -2.17. The molecule has 2 atom stereocenters. The van der Waals surface area contributed by atoms with E-state index >= 15 is 0 Å². The number of aromatic nitrogens is 2. The minimum Gasteiger partial charge on any atom is -0.465 e. The molecular weight excluding hydrogens is 412 g/mol. The Bertz CT molecular complexity index is 969. The fourth-order valence-electron chi connectivity index (χ4n) is 3.15. The Labute approximate surface area is 167 Å². The van der Waals surface area contributed by atoms with E-state index in [4.69, 9.17) is 5.11 Å². The molecule has 0 radical (unpaired) electrons. The van der Waals surface area contributed by atoms with Gasteiger partial charge in [0.1, 0.15) is 18.2 Å². The molecule has 12 heteroatoms. The third-order valence-corrected chi connectivity index (χ3v) is 4.62. The predicted octanol–water partition coefficient (Wildman–Crippen LogP) is 2.03. The Hall–Kier alpha value is -3.28. The summed E-state index contributed by atoms with van der Waals surface area (Å²) < 4.78 is 51.9. The highest BCUT2D eigenvalue weighted by atomic mass is 19.4. The van der Waals surface area contributed by atoms with Crippen LogP contribution < -0.4 is 5.32 Å². The molecule has 30 heavy (non-hydrogen) atoms. The number of aliphatic hydroxyl groups excluding tert-OH is 1. The maximum absolute atomic E-state index is 13.8. The molecule has 0 saturated carbocycles. The quantitative estimate of drug-likeness (QED) is 0.642. The summed E-state index contributed by atoms with van der Waals surface area (Å²) in [5.41, 5.74) is -0.928. The van der Waals surface area contributed by atoms with Crippen LogP contribution in [0.4, 0.5) is 22.4 Å². The molecule has 1 aliphatic heterocycles. The molecule has 0 aliphatic carbocycles. The van der Waals surface area contributed by atoms with Crippen molar-refractivity contribution < 1.29 is 37.4 Å². The standard InChI is InChI=1S/C18H16F4N4O4/c19-12-5-9(1-2-11(12)18(20,21)22)13-6-10(24-8-25-13)7-23-16(28)15-14(27)3-4-26(15)17(29)30/h1-2,5-6,8,14-15,27H,3-4,7H2,(H,23,28)(H,29,30)/t14-,15+/m1/s1. The second-order valence-corrected chi connectivity index (χ2v) is 6.58. The fraction of sp³-hybridized carbons (Fsp3) is 0.333. The second-order valence-electron chi connectivity index (χ2n) is 6.58. The molecule has 3 rings (SSSR count). The number of rotatable bonds is 4. The molecule has 0 bridgehead atoms. The van der Waals surface area contributed by atoms with Crippen molar-refractivity contribution in [1.82, 2.24) is 20.2 Å². The average Bonchev–Trinajstić information content (AvgIpc) is 3.07. The lowest BCUT2D eigenvalue weighted by molar-refractivity contribution is -0.140. The van der Waals surface area contributed by atoms with Gasteiger partial charge in [-0.1, -0.05) is 6.07 Å². The van der Waals surface area contributed by atoms with E-state index in [-0.39, 0.29) is 36.5 Å². The van der Waals surface area contributed by atoms with Crippen LogP contribution in [0, 0.1) is 5.82 Å². The van der Waals surface area contributed by atoms with Crippen LogP contribution >= 0.6 is 0 Å². The number of nitrogens with zero attached hydrogens (tertiary/aromatic N) is 3.